The van der Waals surface area contributed by atoms with Gasteiger partial charge in [0.15, 0.2) is 0 Å². The van der Waals surface area contributed by atoms with Gasteiger partial charge in [0.2, 0.25) is 11.6 Å². The van der Waals surface area contributed by atoms with Crippen molar-refractivity contribution < 1.29 is 14.7 Å². The van der Waals surface area contributed by atoms with Gasteiger partial charge in [0.1, 0.15) is 5.75 Å². The van der Waals surface area contributed by atoms with Gasteiger partial charge >= 0.3 is 0 Å². The third-order valence-corrected chi connectivity index (χ3v) is 2.85. The highest BCUT2D eigenvalue weighted by Gasteiger charge is 2.19. The predicted molar refractivity (Wildman–Crippen MR) is 77.7 cm³/mol. The second kappa shape index (κ2) is 5.97. The monoisotopic (exact) mass is 266 g/mol. The average molecular weight is 266 g/mol. The number of allylic oxidation sites excluding steroid dienone is 1. The molecule has 0 amide bonds. The quantitative estimate of drug-likeness (QED) is 0.745. The summed E-state index contributed by atoms with van der Waals surface area (Å²) in [6.45, 7) is 1.94. The van der Waals surface area contributed by atoms with E-state index in [0.29, 0.717) is 11.3 Å². The number of phenols is 1. The van der Waals surface area contributed by atoms with Gasteiger partial charge in [-0.25, -0.2) is 0 Å². The molecule has 3 heteroatoms. The molecule has 1 aliphatic carbocycles. The summed E-state index contributed by atoms with van der Waals surface area (Å²) in [5, 5.41) is 8.81. The summed E-state index contributed by atoms with van der Waals surface area (Å²) in [6.07, 6.45) is 2.98. The van der Waals surface area contributed by atoms with E-state index in [0.717, 1.165) is 11.1 Å². The third-order valence-electron chi connectivity index (χ3n) is 2.85. The van der Waals surface area contributed by atoms with E-state index in [9.17, 15) is 9.59 Å². The molecule has 20 heavy (non-hydrogen) atoms. The molecule has 2 aromatic rings. The second-order valence-corrected chi connectivity index (χ2v) is 4.45. The van der Waals surface area contributed by atoms with Crippen LogP contribution < -0.4 is 0 Å². The Kier molecular flexibility index (Phi) is 4.11. The van der Waals surface area contributed by atoms with Crippen molar-refractivity contribution in [3.63, 3.8) is 0 Å². The number of ketones is 2. The number of Topliss-reactive ketones (excluding diaryl/α,β-unsaturated/α-hetero) is 1. The number of carbonyl (C=O) groups excluding carboxylic acids is 2. The molecule has 0 saturated carbocycles. The van der Waals surface area contributed by atoms with Crippen LogP contribution in [0.25, 0.3) is 6.08 Å². The van der Waals surface area contributed by atoms with Gasteiger partial charge in [0.25, 0.3) is 0 Å². The fourth-order valence-electron chi connectivity index (χ4n) is 1.85. The lowest BCUT2D eigenvalue weighted by atomic mass is 9.96. The van der Waals surface area contributed by atoms with E-state index < -0.39 is 11.6 Å². The van der Waals surface area contributed by atoms with Gasteiger partial charge < -0.3 is 5.11 Å². The third kappa shape index (κ3) is 3.20. The van der Waals surface area contributed by atoms with E-state index in [1.54, 1.807) is 30.3 Å². The maximum absolute atomic E-state index is 11.2. The van der Waals surface area contributed by atoms with E-state index in [2.05, 4.69) is 0 Å². The molecule has 0 heterocycles. The highest BCUT2D eigenvalue weighted by molar-refractivity contribution is 6.49. The predicted octanol–water partition coefficient (Wildman–Crippen LogP) is 3.17. The molecule has 0 unspecified atom stereocenters. The first-order valence-corrected chi connectivity index (χ1v) is 6.19. The molecule has 0 atom stereocenters. The van der Waals surface area contributed by atoms with E-state index in [4.69, 9.17) is 5.11 Å². The Morgan fingerprint density at radius 3 is 2.30 bits per heavy atom. The average Bonchev–Trinajstić information content (AvgIpc) is 2.44. The van der Waals surface area contributed by atoms with Crippen molar-refractivity contribution in [1.82, 2.24) is 0 Å². The van der Waals surface area contributed by atoms with Crippen LogP contribution in [0.2, 0.25) is 0 Å². The first-order chi connectivity index (χ1) is 9.58. The van der Waals surface area contributed by atoms with Crippen LogP contribution in [-0.4, -0.2) is 16.7 Å². The molecule has 0 radical (unpaired) electrons. The van der Waals surface area contributed by atoms with Gasteiger partial charge in [-0.15, -0.1) is 0 Å². The molecule has 0 aromatic heterocycles. The lowest BCUT2D eigenvalue weighted by Crippen LogP contribution is -2.15. The van der Waals surface area contributed by atoms with Crippen LogP contribution >= 0.6 is 0 Å². The summed E-state index contributed by atoms with van der Waals surface area (Å²) < 4.78 is 0. The van der Waals surface area contributed by atoms with Crippen molar-refractivity contribution >= 4 is 17.6 Å². The number of aryl methyl sites for hydroxylation is 1. The zero-order chi connectivity index (χ0) is 14.5. The number of aromatic hydroxyl groups is 1. The molecule has 0 fully saturated rings. The van der Waals surface area contributed by atoms with E-state index in [1.807, 2.05) is 31.2 Å². The number of hydrogen-bond acceptors (Lipinski definition) is 3. The molecule has 0 saturated heterocycles. The van der Waals surface area contributed by atoms with Crippen LogP contribution in [0.4, 0.5) is 0 Å². The van der Waals surface area contributed by atoms with E-state index in [-0.39, 0.29) is 0 Å². The van der Waals surface area contributed by atoms with Gasteiger partial charge in [0, 0.05) is 5.56 Å². The Hall–Kier alpha value is -2.68. The van der Waals surface area contributed by atoms with Gasteiger partial charge in [-0.1, -0.05) is 42.5 Å². The first kappa shape index (κ1) is 13.7. The highest BCUT2D eigenvalue weighted by atomic mass is 16.3. The van der Waals surface area contributed by atoms with Crippen LogP contribution in [-0.2, 0) is 4.79 Å². The SMILES string of the molecule is Cc1cccc(O)c1.O=C1C=Cc2ccccc2C1=O. The number of hydrogen-bond donors (Lipinski definition) is 1. The van der Waals surface area contributed by atoms with Gasteiger partial charge in [-0.2, -0.15) is 0 Å². The van der Waals surface area contributed by atoms with Crippen LogP contribution in [0.5, 0.6) is 5.75 Å². The van der Waals surface area contributed by atoms with Crippen molar-refractivity contribution in [2.75, 3.05) is 0 Å². The minimum atomic E-state index is -0.436. The Balaban J connectivity index is 0.000000160. The molecular weight excluding hydrogens is 252 g/mol. The number of phenolic OH excluding ortho intramolecular Hbond substituents is 1. The number of rotatable bonds is 0. The zero-order valence-electron chi connectivity index (χ0n) is 11.0. The van der Waals surface area contributed by atoms with Crippen molar-refractivity contribution in [2.24, 2.45) is 0 Å². The normalized spacial score (nSPS) is 12.4. The maximum atomic E-state index is 11.2. The van der Waals surface area contributed by atoms with Crippen molar-refractivity contribution in [2.45, 2.75) is 6.92 Å². The molecule has 2 aromatic carbocycles. The van der Waals surface area contributed by atoms with E-state index in [1.165, 1.54) is 6.08 Å². The summed E-state index contributed by atoms with van der Waals surface area (Å²) in [5.74, 6) is -0.508. The zero-order valence-corrected chi connectivity index (χ0v) is 11.0. The summed E-state index contributed by atoms with van der Waals surface area (Å²) in [6, 6.07) is 14.2. The molecular formula is C17H14O3. The summed E-state index contributed by atoms with van der Waals surface area (Å²) in [5.41, 5.74) is 2.41. The Morgan fingerprint density at radius 1 is 0.900 bits per heavy atom. The van der Waals surface area contributed by atoms with Crippen molar-refractivity contribution in [3.05, 3.63) is 71.3 Å². The summed E-state index contributed by atoms with van der Waals surface area (Å²) in [7, 11) is 0. The Bertz CT molecular complexity index is 667. The Morgan fingerprint density at radius 2 is 1.65 bits per heavy atom. The molecule has 1 N–H and O–H groups in total. The van der Waals surface area contributed by atoms with Crippen LogP contribution in [0.1, 0.15) is 21.5 Å². The first-order valence-electron chi connectivity index (χ1n) is 6.19. The fourth-order valence-corrected chi connectivity index (χ4v) is 1.85. The largest absolute Gasteiger partial charge is 0.508 e. The molecule has 0 aliphatic heterocycles. The fraction of sp³-hybridized carbons (Fsp3) is 0.0588. The Labute approximate surface area is 117 Å². The smallest absolute Gasteiger partial charge is 0.233 e. The van der Waals surface area contributed by atoms with Crippen molar-refractivity contribution in [1.29, 1.82) is 0 Å². The van der Waals surface area contributed by atoms with Gasteiger partial charge in [-0.3, -0.25) is 9.59 Å². The topological polar surface area (TPSA) is 54.4 Å². The summed E-state index contributed by atoms with van der Waals surface area (Å²) >= 11 is 0. The molecule has 1 aliphatic rings. The lowest BCUT2D eigenvalue weighted by molar-refractivity contribution is -0.110. The number of carbonyl (C=O) groups is 2. The lowest BCUT2D eigenvalue weighted by Gasteiger charge is -2.06. The molecule has 0 bridgehead atoms. The van der Waals surface area contributed by atoms with Crippen LogP contribution in [0, 0.1) is 6.92 Å². The minimum absolute atomic E-state index is 0.338. The standard InChI is InChI=1S/C10H6O2.C7H8O/c11-9-6-5-7-3-1-2-4-8(7)10(9)12;1-6-3-2-4-7(8)5-6/h1-6H;2-5,8H,1H3. The second-order valence-electron chi connectivity index (χ2n) is 4.45. The van der Waals surface area contributed by atoms with Crippen molar-refractivity contribution in [3.8, 4) is 5.75 Å². The molecule has 3 rings (SSSR count). The van der Waals surface area contributed by atoms with Gasteiger partial charge in [-0.05, 0) is 36.3 Å². The maximum Gasteiger partial charge on any atom is 0.233 e. The van der Waals surface area contributed by atoms with Crippen LogP contribution in [0.15, 0.2) is 54.6 Å². The highest BCUT2D eigenvalue weighted by Crippen LogP contribution is 2.16. The summed E-state index contributed by atoms with van der Waals surface area (Å²) in [4.78, 5) is 22.1. The van der Waals surface area contributed by atoms with Gasteiger partial charge in [0.05, 0.1) is 0 Å². The molecule has 100 valence electrons. The van der Waals surface area contributed by atoms with E-state index >= 15 is 0 Å². The molecule has 0 spiro atoms. The van der Waals surface area contributed by atoms with Crippen LogP contribution in [0.3, 0.4) is 0 Å². The molecule has 3 nitrogen and oxygen atoms in total. The number of fused-ring (bicyclic) bond motifs is 1. The minimum Gasteiger partial charge on any atom is -0.508 e. The number of benzene rings is 2.